The number of ether oxygens (including phenoxy) is 3. The summed E-state index contributed by atoms with van der Waals surface area (Å²) in [4.78, 5) is 40.4. The Bertz CT molecular complexity index is 1700. The van der Waals surface area contributed by atoms with Gasteiger partial charge in [0.25, 0.3) is 0 Å². The summed E-state index contributed by atoms with van der Waals surface area (Å²) in [6.07, 6.45) is 0. The molecule has 5 rings (SSSR count). The van der Waals surface area contributed by atoms with E-state index in [0.717, 1.165) is 16.7 Å². The van der Waals surface area contributed by atoms with Gasteiger partial charge in [0.2, 0.25) is 0 Å². The van der Waals surface area contributed by atoms with E-state index in [0.29, 0.717) is 0 Å². The molecule has 0 bridgehead atoms. The Hall–Kier alpha value is -5.69. The molecule has 0 aliphatic carbocycles. The van der Waals surface area contributed by atoms with Crippen LogP contribution < -0.4 is 9.47 Å². The van der Waals surface area contributed by atoms with Gasteiger partial charge in [-0.25, -0.2) is 9.59 Å². The summed E-state index contributed by atoms with van der Waals surface area (Å²) < 4.78 is 17.9. The molecule has 0 spiro atoms. The van der Waals surface area contributed by atoms with Crippen LogP contribution >= 0.6 is 0 Å². The first kappa shape index (κ1) is 28.8. The van der Waals surface area contributed by atoms with E-state index in [2.05, 4.69) is 0 Å². The molecule has 0 fully saturated rings. The molecule has 0 amide bonds. The number of rotatable bonds is 12. The van der Waals surface area contributed by atoms with Crippen molar-refractivity contribution in [2.24, 2.45) is 0 Å². The molecule has 5 aromatic rings. The highest BCUT2D eigenvalue weighted by molar-refractivity contribution is 6.18. The highest BCUT2D eigenvalue weighted by atomic mass is 16.5. The fraction of sp³-hybridized carbons (Fsp3) is 0.0833. The van der Waals surface area contributed by atoms with Crippen molar-refractivity contribution in [3.8, 4) is 11.5 Å². The lowest BCUT2D eigenvalue weighted by molar-refractivity contribution is 0.0460. The van der Waals surface area contributed by atoms with Gasteiger partial charge in [0.1, 0.15) is 36.9 Å². The molecular formula is C36H28O7. The van der Waals surface area contributed by atoms with E-state index in [1.807, 2.05) is 91.0 Å². The zero-order chi connectivity index (χ0) is 30.0. The molecule has 43 heavy (non-hydrogen) atoms. The lowest BCUT2D eigenvalue weighted by Gasteiger charge is -2.21. The van der Waals surface area contributed by atoms with Crippen molar-refractivity contribution in [3.05, 3.63) is 166 Å². The molecule has 0 unspecified atom stereocenters. The van der Waals surface area contributed by atoms with Crippen molar-refractivity contribution in [1.82, 2.24) is 0 Å². The summed E-state index contributed by atoms with van der Waals surface area (Å²) in [5.41, 5.74) is 1.71. The number of carbonyl (C=O) groups excluding carboxylic acids is 2. The average molecular weight is 573 g/mol. The zero-order valence-corrected chi connectivity index (χ0v) is 23.1. The Balaban J connectivity index is 1.66. The maximum absolute atomic E-state index is 13.9. The van der Waals surface area contributed by atoms with Gasteiger partial charge >= 0.3 is 11.9 Å². The molecule has 0 aromatic heterocycles. The fourth-order valence-electron chi connectivity index (χ4n) is 4.47. The summed E-state index contributed by atoms with van der Waals surface area (Å²) >= 11 is 0. The predicted molar refractivity (Wildman–Crippen MR) is 160 cm³/mol. The van der Waals surface area contributed by atoms with Gasteiger partial charge in [-0.3, -0.25) is 4.79 Å². The maximum Gasteiger partial charge on any atom is 0.346 e. The van der Waals surface area contributed by atoms with E-state index in [4.69, 9.17) is 14.2 Å². The quantitative estimate of drug-likeness (QED) is 0.125. The number of hydrogen-bond acceptors (Lipinski definition) is 6. The van der Waals surface area contributed by atoms with Crippen LogP contribution in [0.3, 0.4) is 0 Å². The molecule has 0 heterocycles. The monoisotopic (exact) mass is 572 g/mol. The molecule has 0 radical (unpaired) electrons. The number of aromatic carboxylic acids is 1. The maximum atomic E-state index is 13.9. The normalized spacial score (nSPS) is 10.5. The number of benzene rings is 5. The van der Waals surface area contributed by atoms with Crippen molar-refractivity contribution in [1.29, 1.82) is 0 Å². The Labute approximate surface area is 248 Å². The average Bonchev–Trinajstić information content (AvgIpc) is 3.06. The van der Waals surface area contributed by atoms with E-state index < -0.39 is 17.7 Å². The second-order valence-corrected chi connectivity index (χ2v) is 9.61. The third kappa shape index (κ3) is 7.15. The predicted octanol–water partition coefficient (Wildman–Crippen LogP) is 7.13. The summed E-state index contributed by atoms with van der Waals surface area (Å²) in [6, 6.07) is 36.9. The lowest BCUT2D eigenvalue weighted by atomic mass is 9.93. The number of carbonyl (C=O) groups is 3. The van der Waals surface area contributed by atoms with Gasteiger partial charge in [-0.15, -0.1) is 0 Å². The summed E-state index contributed by atoms with van der Waals surface area (Å²) in [5, 5.41) is 10.3. The van der Waals surface area contributed by atoms with Gasteiger partial charge in [0.05, 0.1) is 11.1 Å². The van der Waals surface area contributed by atoms with Crippen LogP contribution in [-0.2, 0) is 24.6 Å². The molecule has 0 saturated carbocycles. The van der Waals surface area contributed by atoms with E-state index in [1.165, 1.54) is 6.07 Å². The van der Waals surface area contributed by atoms with Gasteiger partial charge in [-0.05, 0) is 22.8 Å². The van der Waals surface area contributed by atoms with Crippen molar-refractivity contribution < 1.29 is 33.7 Å². The standard InChI is InChI=1S/C36H28O7/c37-33(28-19-11-4-12-20-28)31-29(35(38)39)21-30(41-22-25-13-5-1-6-14-25)32(34(31)42-23-26-15-7-2-8-16-26)36(40)43-24-27-17-9-3-10-18-27/h1-21H,22-24H2,(H,38,39). The molecule has 0 aliphatic heterocycles. The molecule has 0 aliphatic rings. The van der Waals surface area contributed by atoms with Gasteiger partial charge in [-0.1, -0.05) is 121 Å². The van der Waals surface area contributed by atoms with Crippen LogP contribution in [-0.4, -0.2) is 22.8 Å². The third-order valence-corrected chi connectivity index (χ3v) is 6.62. The van der Waals surface area contributed by atoms with E-state index in [9.17, 15) is 19.5 Å². The lowest BCUT2D eigenvalue weighted by Crippen LogP contribution is -2.18. The van der Waals surface area contributed by atoms with E-state index >= 15 is 0 Å². The largest absolute Gasteiger partial charge is 0.488 e. The Morgan fingerprint density at radius 1 is 0.558 bits per heavy atom. The van der Waals surface area contributed by atoms with Crippen LogP contribution in [0.25, 0.3) is 0 Å². The molecule has 0 atom stereocenters. The van der Waals surface area contributed by atoms with Gasteiger partial charge < -0.3 is 19.3 Å². The number of carboxylic acids is 1. The minimum Gasteiger partial charge on any atom is -0.488 e. The molecule has 5 aromatic carbocycles. The highest BCUT2D eigenvalue weighted by Crippen LogP contribution is 2.39. The number of esters is 1. The van der Waals surface area contributed by atoms with Crippen molar-refractivity contribution >= 4 is 17.7 Å². The Kier molecular flexibility index (Phi) is 9.24. The molecule has 7 heteroatoms. The molecule has 7 nitrogen and oxygen atoms in total. The second-order valence-electron chi connectivity index (χ2n) is 9.61. The van der Waals surface area contributed by atoms with Crippen molar-refractivity contribution in [2.75, 3.05) is 0 Å². The number of ketones is 1. The van der Waals surface area contributed by atoms with Crippen LogP contribution in [0.5, 0.6) is 11.5 Å². The first-order valence-electron chi connectivity index (χ1n) is 13.6. The highest BCUT2D eigenvalue weighted by Gasteiger charge is 2.33. The van der Waals surface area contributed by atoms with Gasteiger partial charge in [-0.2, -0.15) is 0 Å². The molecule has 0 saturated heterocycles. The van der Waals surface area contributed by atoms with E-state index in [-0.39, 0.29) is 53.6 Å². The molecular weight excluding hydrogens is 544 g/mol. The van der Waals surface area contributed by atoms with Crippen LogP contribution in [0.4, 0.5) is 0 Å². The fourth-order valence-corrected chi connectivity index (χ4v) is 4.47. The molecule has 214 valence electrons. The first-order chi connectivity index (χ1) is 21.0. The van der Waals surface area contributed by atoms with Crippen LogP contribution in [0, 0.1) is 0 Å². The first-order valence-corrected chi connectivity index (χ1v) is 13.6. The van der Waals surface area contributed by atoms with Crippen molar-refractivity contribution in [3.63, 3.8) is 0 Å². The molecule has 1 N–H and O–H groups in total. The smallest absolute Gasteiger partial charge is 0.346 e. The van der Waals surface area contributed by atoms with Crippen LogP contribution in [0.15, 0.2) is 127 Å². The summed E-state index contributed by atoms with van der Waals surface area (Å²) in [7, 11) is 0. The van der Waals surface area contributed by atoms with E-state index in [1.54, 1.807) is 30.3 Å². The Morgan fingerprint density at radius 3 is 1.53 bits per heavy atom. The number of carboxylic acid groups (broad SMARTS) is 1. The zero-order valence-electron chi connectivity index (χ0n) is 23.1. The van der Waals surface area contributed by atoms with Crippen LogP contribution in [0.1, 0.15) is 53.3 Å². The van der Waals surface area contributed by atoms with Crippen LogP contribution in [0.2, 0.25) is 0 Å². The topological polar surface area (TPSA) is 99.1 Å². The van der Waals surface area contributed by atoms with Gasteiger partial charge in [0, 0.05) is 5.56 Å². The van der Waals surface area contributed by atoms with Gasteiger partial charge in [0.15, 0.2) is 5.78 Å². The summed E-state index contributed by atoms with van der Waals surface area (Å²) in [6.45, 7) is -0.0718. The number of hydrogen-bond donors (Lipinski definition) is 1. The Morgan fingerprint density at radius 2 is 1.02 bits per heavy atom. The third-order valence-electron chi connectivity index (χ3n) is 6.62. The minimum absolute atomic E-state index is 0.0307. The summed E-state index contributed by atoms with van der Waals surface area (Å²) in [5.74, 6) is -3.12. The second kappa shape index (κ2) is 13.8. The minimum atomic E-state index is -1.38. The SMILES string of the molecule is O=C(O)c1cc(OCc2ccccc2)c(C(=O)OCc2ccccc2)c(OCc2ccccc2)c1C(=O)c1ccccc1. The van der Waals surface area contributed by atoms with Crippen molar-refractivity contribution in [2.45, 2.75) is 19.8 Å².